The van der Waals surface area contributed by atoms with Crippen molar-refractivity contribution in [2.75, 3.05) is 11.9 Å². The lowest BCUT2D eigenvalue weighted by molar-refractivity contribution is -0.133. The van der Waals surface area contributed by atoms with E-state index in [0.29, 0.717) is 10.7 Å². The van der Waals surface area contributed by atoms with Crippen molar-refractivity contribution in [1.82, 2.24) is 15.5 Å². The molecule has 3 N–H and O–H groups in total. The second-order valence-corrected chi connectivity index (χ2v) is 7.93. The van der Waals surface area contributed by atoms with E-state index in [0.717, 1.165) is 12.1 Å². The maximum atomic E-state index is 13.7. The number of halogens is 2. The average molecular weight is 482 g/mol. The van der Waals surface area contributed by atoms with Crippen molar-refractivity contribution in [2.45, 2.75) is 19.0 Å². The summed E-state index contributed by atoms with van der Waals surface area (Å²) in [6, 6.07) is 11.6. The molecule has 5 amide bonds. The summed E-state index contributed by atoms with van der Waals surface area (Å²) in [5.41, 5.74) is -1.33. The van der Waals surface area contributed by atoms with Crippen molar-refractivity contribution < 1.29 is 32.4 Å². The Morgan fingerprint density at radius 1 is 1.06 bits per heavy atom. The van der Waals surface area contributed by atoms with Gasteiger partial charge in [0.05, 0.1) is 24.1 Å². The molecule has 2 aromatic carbocycles. The van der Waals surface area contributed by atoms with Crippen LogP contribution in [-0.2, 0) is 21.7 Å². The van der Waals surface area contributed by atoms with Gasteiger partial charge in [0.25, 0.3) is 11.8 Å². The predicted octanol–water partition coefficient (Wildman–Crippen LogP) is 2.89. The number of nitrogens with one attached hydrogen (secondary N) is 3. The number of anilines is 1. The first-order valence-corrected chi connectivity index (χ1v) is 10.5. The molecule has 0 saturated carbocycles. The Kier molecular flexibility index (Phi) is 6.32. The molecule has 1 aliphatic heterocycles. The fourth-order valence-electron chi connectivity index (χ4n) is 3.64. The molecule has 9 nitrogen and oxygen atoms in total. The van der Waals surface area contributed by atoms with Crippen LogP contribution >= 0.6 is 0 Å². The third kappa shape index (κ3) is 4.74. The number of benzene rings is 2. The fraction of sp³-hybridized carbons (Fsp3) is 0.167. The first-order valence-electron chi connectivity index (χ1n) is 10.5. The number of rotatable bonds is 7. The van der Waals surface area contributed by atoms with Crippen LogP contribution in [0.3, 0.4) is 0 Å². The van der Waals surface area contributed by atoms with Gasteiger partial charge in [-0.3, -0.25) is 19.3 Å². The van der Waals surface area contributed by atoms with Gasteiger partial charge in [-0.1, -0.05) is 18.2 Å². The number of carbonyl (C=O) groups is 4. The molecule has 1 fully saturated rings. The summed E-state index contributed by atoms with van der Waals surface area (Å²) < 4.78 is 32.2. The van der Waals surface area contributed by atoms with Gasteiger partial charge in [0.1, 0.15) is 17.8 Å². The molecule has 0 radical (unpaired) electrons. The van der Waals surface area contributed by atoms with Crippen LogP contribution in [0.1, 0.15) is 28.6 Å². The van der Waals surface area contributed by atoms with E-state index in [4.69, 9.17) is 4.42 Å². The number of amides is 5. The zero-order valence-electron chi connectivity index (χ0n) is 18.4. The van der Waals surface area contributed by atoms with Gasteiger partial charge in [0.2, 0.25) is 5.91 Å². The quantitative estimate of drug-likeness (QED) is 0.447. The van der Waals surface area contributed by atoms with Crippen molar-refractivity contribution in [3.8, 4) is 0 Å². The summed E-state index contributed by atoms with van der Waals surface area (Å²) in [6.07, 6.45) is 1.48. The summed E-state index contributed by atoms with van der Waals surface area (Å²) in [7, 11) is 0. The van der Waals surface area contributed by atoms with Crippen LogP contribution in [0.4, 0.5) is 19.3 Å². The smallest absolute Gasteiger partial charge is 0.325 e. The maximum Gasteiger partial charge on any atom is 0.325 e. The van der Waals surface area contributed by atoms with E-state index in [1.807, 2.05) is 0 Å². The van der Waals surface area contributed by atoms with Gasteiger partial charge >= 0.3 is 6.03 Å². The van der Waals surface area contributed by atoms with E-state index >= 15 is 0 Å². The highest BCUT2D eigenvalue weighted by Crippen LogP contribution is 2.29. The lowest BCUT2D eigenvalue weighted by Crippen LogP contribution is -2.42. The first kappa shape index (κ1) is 23.6. The standard InChI is InChI=1S/C24H20F2N4O5/c1-24(14-8-9-17(25)18(26)11-14)22(33)30(23(34)29-24)13-20(31)28-19-7-3-2-6-16(19)21(32)27-12-15-5-4-10-35-15/h2-11H,12-13H2,1H3,(H,27,32)(H,28,31)(H,29,34). The van der Waals surface area contributed by atoms with Crippen molar-refractivity contribution >= 4 is 29.4 Å². The summed E-state index contributed by atoms with van der Waals surface area (Å²) in [6.45, 7) is 0.807. The second-order valence-electron chi connectivity index (χ2n) is 7.93. The zero-order chi connectivity index (χ0) is 25.2. The molecule has 35 heavy (non-hydrogen) atoms. The molecular formula is C24H20F2N4O5. The highest BCUT2D eigenvalue weighted by Gasteiger charge is 2.49. The van der Waals surface area contributed by atoms with Crippen molar-refractivity contribution in [2.24, 2.45) is 0 Å². The van der Waals surface area contributed by atoms with Crippen molar-refractivity contribution in [1.29, 1.82) is 0 Å². The maximum absolute atomic E-state index is 13.7. The predicted molar refractivity (Wildman–Crippen MR) is 119 cm³/mol. The van der Waals surface area contributed by atoms with E-state index < -0.39 is 47.5 Å². The molecule has 1 unspecified atom stereocenters. The third-order valence-electron chi connectivity index (χ3n) is 5.52. The lowest BCUT2D eigenvalue weighted by atomic mass is 9.92. The van der Waals surface area contributed by atoms with Gasteiger partial charge in [0.15, 0.2) is 11.6 Å². The molecule has 1 aliphatic rings. The van der Waals surface area contributed by atoms with Gasteiger partial charge in [-0.15, -0.1) is 0 Å². The molecule has 0 spiro atoms. The Bertz CT molecular complexity index is 1310. The molecule has 2 heterocycles. The molecule has 4 rings (SSSR count). The number of para-hydroxylation sites is 1. The van der Waals surface area contributed by atoms with Crippen molar-refractivity contribution in [3.05, 3.63) is 89.4 Å². The van der Waals surface area contributed by atoms with Gasteiger partial charge in [-0.2, -0.15) is 0 Å². The average Bonchev–Trinajstić information content (AvgIpc) is 3.42. The number of urea groups is 1. The van der Waals surface area contributed by atoms with Gasteiger partial charge < -0.3 is 20.4 Å². The van der Waals surface area contributed by atoms with E-state index in [1.165, 1.54) is 31.4 Å². The molecule has 3 aromatic rings. The van der Waals surface area contributed by atoms with Crippen LogP contribution in [-0.4, -0.2) is 35.2 Å². The van der Waals surface area contributed by atoms with Crippen LogP contribution in [0.25, 0.3) is 0 Å². The minimum absolute atomic E-state index is 0.0243. The minimum atomic E-state index is -1.68. The SMILES string of the molecule is CC1(c2ccc(F)c(F)c2)NC(=O)N(CC(=O)Nc2ccccc2C(=O)NCc2ccco2)C1=O. The number of nitrogens with zero attached hydrogens (tertiary/aromatic N) is 1. The Morgan fingerprint density at radius 3 is 2.54 bits per heavy atom. The Balaban J connectivity index is 1.45. The molecular weight excluding hydrogens is 462 g/mol. The van der Waals surface area contributed by atoms with Gasteiger partial charge in [0, 0.05) is 0 Å². The molecule has 1 saturated heterocycles. The summed E-state index contributed by atoms with van der Waals surface area (Å²) in [4.78, 5) is 51.4. The van der Waals surface area contributed by atoms with E-state index in [1.54, 1.807) is 24.3 Å². The van der Waals surface area contributed by atoms with Crippen LogP contribution in [0, 0.1) is 11.6 Å². The monoisotopic (exact) mass is 482 g/mol. The summed E-state index contributed by atoms with van der Waals surface area (Å²) in [5.74, 6) is -3.76. The number of furan rings is 1. The number of imide groups is 1. The summed E-state index contributed by atoms with van der Waals surface area (Å²) in [5, 5.41) is 7.62. The molecule has 11 heteroatoms. The second kappa shape index (κ2) is 9.37. The Labute approximate surface area is 198 Å². The van der Waals surface area contributed by atoms with Crippen molar-refractivity contribution in [3.63, 3.8) is 0 Å². The van der Waals surface area contributed by atoms with E-state index in [9.17, 15) is 28.0 Å². The Hall–Kier alpha value is -4.54. The summed E-state index contributed by atoms with van der Waals surface area (Å²) >= 11 is 0. The molecule has 1 atom stereocenters. The lowest BCUT2D eigenvalue weighted by Gasteiger charge is -2.22. The Morgan fingerprint density at radius 2 is 1.83 bits per heavy atom. The molecule has 0 bridgehead atoms. The zero-order valence-corrected chi connectivity index (χ0v) is 18.4. The highest BCUT2D eigenvalue weighted by molar-refractivity contribution is 6.11. The van der Waals surface area contributed by atoms with Gasteiger partial charge in [-0.25, -0.2) is 13.6 Å². The van der Waals surface area contributed by atoms with E-state index in [2.05, 4.69) is 16.0 Å². The van der Waals surface area contributed by atoms with E-state index in [-0.39, 0.29) is 23.4 Å². The fourth-order valence-corrected chi connectivity index (χ4v) is 3.64. The van der Waals surface area contributed by atoms with Gasteiger partial charge in [-0.05, 0) is 48.9 Å². The van der Waals surface area contributed by atoms with Crippen LogP contribution in [0.5, 0.6) is 0 Å². The first-order chi connectivity index (χ1) is 16.7. The number of hydrogen-bond donors (Lipinski definition) is 3. The number of carbonyl (C=O) groups excluding carboxylic acids is 4. The molecule has 180 valence electrons. The largest absolute Gasteiger partial charge is 0.467 e. The van der Waals surface area contributed by atoms with Crippen LogP contribution < -0.4 is 16.0 Å². The topological polar surface area (TPSA) is 121 Å². The van der Waals surface area contributed by atoms with Crippen LogP contribution in [0.15, 0.2) is 65.3 Å². The normalized spacial score (nSPS) is 17.3. The molecule has 1 aromatic heterocycles. The van der Waals surface area contributed by atoms with Crippen LogP contribution in [0.2, 0.25) is 0 Å². The third-order valence-corrected chi connectivity index (χ3v) is 5.52. The highest BCUT2D eigenvalue weighted by atomic mass is 19.2. The molecule has 0 aliphatic carbocycles. The number of hydrogen-bond acceptors (Lipinski definition) is 5. The minimum Gasteiger partial charge on any atom is -0.467 e.